The van der Waals surface area contributed by atoms with Crippen molar-refractivity contribution < 1.29 is 47.5 Å². The molecule has 2 unspecified atom stereocenters. The standard InChI is InChI=1S/C42H44N4O10S/c1-21-14-25-15-27-28(16-43)46-29-17-52-42(49)26(44-30(48)13-12-24-10-8-7-9-11-24)18-57-41(33-32(29)40-38(54-20-55-40)22(2)37(33)56-23(3)47)35(46)34(45(27)4)31(25)39(36(21)51-6)53-19-50-5/h7-14,26-29,34-35,41H,15,17-20H2,1-6H3,(H,44,48)/t26?,27-,28-,29-,34+,35?,41+/m0/s1. The lowest BCUT2D eigenvalue weighted by molar-refractivity contribution is -0.152. The van der Waals surface area contributed by atoms with Crippen LogP contribution in [0, 0.1) is 25.2 Å². The third kappa shape index (κ3) is 6.54. The monoisotopic (exact) mass is 796 g/mol. The molecule has 57 heavy (non-hydrogen) atoms. The van der Waals surface area contributed by atoms with Gasteiger partial charge in [-0.1, -0.05) is 36.4 Å². The molecule has 15 heteroatoms. The number of nitrogens with one attached hydrogen (secondary N) is 1. The minimum Gasteiger partial charge on any atom is -0.493 e. The van der Waals surface area contributed by atoms with Crippen LogP contribution in [-0.2, 0) is 30.3 Å². The number of esters is 2. The molecule has 14 nitrogen and oxygen atoms in total. The van der Waals surface area contributed by atoms with Gasteiger partial charge in [-0.05, 0) is 50.1 Å². The van der Waals surface area contributed by atoms with Gasteiger partial charge in [0.15, 0.2) is 29.8 Å². The summed E-state index contributed by atoms with van der Waals surface area (Å²) in [5.41, 5.74) is 5.54. The minimum atomic E-state index is -1.03. The molecule has 0 aromatic heterocycles. The molecular weight excluding hydrogens is 753 g/mol. The van der Waals surface area contributed by atoms with Crippen molar-refractivity contribution in [3.8, 4) is 34.8 Å². The number of carbonyl (C=O) groups excluding carboxylic acids is 3. The van der Waals surface area contributed by atoms with Gasteiger partial charge >= 0.3 is 11.9 Å². The van der Waals surface area contributed by atoms with Crippen molar-refractivity contribution in [1.82, 2.24) is 15.1 Å². The number of nitriles is 1. The van der Waals surface area contributed by atoms with Gasteiger partial charge in [-0.15, -0.1) is 11.8 Å². The van der Waals surface area contributed by atoms with E-state index in [0.29, 0.717) is 51.9 Å². The fourth-order valence-electron chi connectivity index (χ4n) is 9.26. The zero-order valence-electron chi connectivity index (χ0n) is 32.5. The van der Waals surface area contributed by atoms with E-state index in [-0.39, 0.29) is 32.0 Å². The molecule has 3 aromatic rings. The molecule has 298 valence electrons. The van der Waals surface area contributed by atoms with Crippen molar-refractivity contribution in [2.24, 2.45) is 0 Å². The fourth-order valence-corrected chi connectivity index (χ4v) is 10.8. The Morgan fingerprint density at radius 1 is 1.05 bits per heavy atom. The number of benzene rings is 3. The van der Waals surface area contributed by atoms with E-state index in [1.807, 2.05) is 51.2 Å². The van der Waals surface area contributed by atoms with Crippen molar-refractivity contribution in [1.29, 1.82) is 5.26 Å². The van der Waals surface area contributed by atoms with E-state index in [2.05, 4.69) is 27.3 Å². The van der Waals surface area contributed by atoms with Gasteiger partial charge in [-0.2, -0.15) is 5.26 Å². The highest BCUT2D eigenvalue weighted by Crippen LogP contribution is 2.64. The number of aryl methyl sites for hydroxylation is 1. The summed E-state index contributed by atoms with van der Waals surface area (Å²) in [5.74, 6) is 0.829. The predicted octanol–water partition coefficient (Wildman–Crippen LogP) is 4.71. The van der Waals surface area contributed by atoms with Gasteiger partial charge in [-0.3, -0.25) is 19.4 Å². The Morgan fingerprint density at radius 3 is 2.54 bits per heavy atom. The molecule has 7 atom stereocenters. The second-order valence-corrected chi connectivity index (χ2v) is 15.9. The number of amides is 1. The molecule has 0 saturated carbocycles. The van der Waals surface area contributed by atoms with Crippen LogP contribution in [0.4, 0.5) is 0 Å². The molecule has 6 aliphatic heterocycles. The van der Waals surface area contributed by atoms with Gasteiger partial charge in [0.25, 0.3) is 0 Å². The van der Waals surface area contributed by atoms with Crippen LogP contribution in [-0.4, -0.2) is 99.0 Å². The first-order chi connectivity index (χ1) is 27.6. The number of hydrogen-bond acceptors (Lipinski definition) is 14. The SMILES string of the molecule is COCOc1c(OC)c(C)cc2c1[C@@H]1C3[C@@H]4SCC(NC(=O)C=Cc5ccccc5)C(=O)OC[C@@H](c5c6c(c(C)c(OC(C)=O)c54)OCO6)N3[C@@H](C#N)[C@H](C2)N1C. The normalized spacial score (nSPS) is 26.1. The Hall–Kier alpha value is -5.27. The molecule has 0 radical (unpaired) electrons. The van der Waals surface area contributed by atoms with Crippen molar-refractivity contribution in [3.63, 3.8) is 0 Å². The van der Waals surface area contributed by atoms with Crippen LogP contribution in [0.15, 0.2) is 42.5 Å². The number of rotatable bonds is 8. The number of hydrogen-bond donors (Lipinski definition) is 1. The number of likely N-dealkylation sites (N-methyl/N-ethyl adjacent to an activating group) is 1. The molecule has 6 aliphatic rings. The van der Waals surface area contributed by atoms with Crippen molar-refractivity contribution >= 4 is 35.7 Å². The predicted molar refractivity (Wildman–Crippen MR) is 208 cm³/mol. The average molecular weight is 797 g/mol. The lowest BCUT2D eigenvalue weighted by Crippen LogP contribution is -2.69. The lowest BCUT2D eigenvalue weighted by atomic mass is 9.71. The molecule has 6 heterocycles. The number of methoxy groups -OCH3 is 2. The highest BCUT2D eigenvalue weighted by molar-refractivity contribution is 7.99. The van der Waals surface area contributed by atoms with Gasteiger partial charge < -0.3 is 38.5 Å². The van der Waals surface area contributed by atoms with Crippen LogP contribution in [0.5, 0.6) is 28.7 Å². The Kier molecular flexibility index (Phi) is 10.6. The van der Waals surface area contributed by atoms with Crippen molar-refractivity contribution in [2.75, 3.05) is 47.2 Å². The van der Waals surface area contributed by atoms with Crippen LogP contribution < -0.4 is 29.0 Å². The Morgan fingerprint density at radius 2 is 1.82 bits per heavy atom. The van der Waals surface area contributed by atoms with E-state index in [1.54, 1.807) is 20.3 Å². The van der Waals surface area contributed by atoms with Crippen LogP contribution in [0.25, 0.3) is 6.08 Å². The van der Waals surface area contributed by atoms with Crippen LogP contribution in [0.2, 0.25) is 0 Å². The van der Waals surface area contributed by atoms with Crippen molar-refractivity contribution in [3.05, 3.63) is 81.4 Å². The van der Waals surface area contributed by atoms with E-state index in [1.165, 1.54) is 24.8 Å². The molecule has 3 aromatic carbocycles. The molecule has 0 aliphatic carbocycles. The fraction of sp³-hybridized carbons (Fsp3) is 0.429. The first-order valence-corrected chi connectivity index (χ1v) is 19.8. The Balaban J connectivity index is 1.33. The molecular formula is C42H44N4O10S. The summed E-state index contributed by atoms with van der Waals surface area (Å²) in [5, 5.41) is 13.4. The van der Waals surface area contributed by atoms with E-state index >= 15 is 0 Å². The summed E-state index contributed by atoms with van der Waals surface area (Å²) >= 11 is 1.42. The summed E-state index contributed by atoms with van der Waals surface area (Å²) < 4.78 is 42.2. The lowest BCUT2D eigenvalue weighted by Gasteiger charge is -2.61. The molecule has 1 N–H and O–H groups in total. The maximum atomic E-state index is 14.0. The van der Waals surface area contributed by atoms with E-state index < -0.39 is 53.3 Å². The van der Waals surface area contributed by atoms with Gasteiger partial charge in [0, 0.05) is 60.2 Å². The third-order valence-corrected chi connectivity index (χ3v) is 12.9. The largest absolute Gasteiger partial charge is 0.493 e. The Labute approximate surface area is 334 Å². The highest BCUT2D eigenvalue weighted by atomic mass is 32.2. The van der Waals surface area contributed by atoms with Crippen LogP contribution >= 0.6 is 11.8 Å². The van der Waals surface area contributed by atoms with E-state index in [9.17, 15) is 19.6 Å². The number of carbonyl (C=O) groups is 3. The maximum absolute atomic E-state index is 14.0. The summed E-state index contributed by atoms with van der Waals surface area (Å²) in [6, 6.07) is 10.5. The van der Waals surface area contributed by atoms with Gasteiger partial charge in [-0.25, -0.2) is 4.79 Å². The number of thioether (sulfide) groups is 1. The molecule has 2 saturated heterocycles. The number of nitrogens with zero attached hydrogens (tertiary/aromatic N) is 3. The maximum Gasteiger partial charge on any atom is 0.329 e. The molecule has 9 rings (SSSR count). The van der Waals surface area contributed by atoms with Gasteiger partial charge in [0.05, 0.1) is 30.5 Å². The third-order valence-electron chi connectivity index (χ3n) is 11.5. The van der Waals surface area contributed by atoms with E-state index in [4.69, 9.17) is 33.2 Å². The van der Waals surface area contributed by atoms with Gasteiger partial charge in [0.2, 0.25) is 12.7 Å². The second-order valence-electron chi connectivity index (χ2n) is 14.7. The van der Waals surface area contributed by atoms with Gasteiger partial charge in [0.1, 0.15) is 24.4 Å². The smallest absolute Gasteiger partial charge is 0.329 e. The summed E-state index contributed by atoms with van der Waals surface area (Å²) in [6.45, 7) is 4.86. The number of ether oxygens (including phenoxy) is 7. The molecule has 0 spiro atoms. The second kappa shape index (κ2) is 15.6. The summed E-state index contributed by atoms with van der Waals surface area (Å²) in [7, 11) is 5.18. The first-order valence-electron chi connectivity index (χ1n) is 18.7. The van der Waals surface area contributed by atoms with Crippen LogP contribution in [0.1, 0.15) is 63.2 Å². The number of piperazine rings is 1. The molecule has 2 fully saturated rings. The average Bonchev–Trinajstić information content (AvgIpc) is 3.69. The summed E-state index contributed by atoms with van der Waals surface area (Å²) in [4.78, 5) is 44.6. The minimum absolute atomic E-state index is 0.0275. The van der Waals surface area contributed by atoms with E-state index in [0.717, 1.165) is 22.3 Å². The zero-order chi connectivity index (χ0) is 40.1. The highest BCUT2D eigenvalue weighted by Gasteiger charge is 2.61. The summed E-state index contributed by atoms with van der Waals surface area (Å²) in [6.07, 6.45) is 3.60. The van der Waals surface area contributed by atoms with Crippen molar-refractivity contribution in [2.45, 2.75) is 68.7 Å². The zero-order valence-corrected chi connectivity index (χ0v) is 33.3. The van der Waals surface area contributed by atoms with Crippen LogP contribution in [0.3, 0.4) is 0 Å². The molecule has 1 amide bonds. The number of fused-ring (bicyclic) bond motifs is 10. The Bertz CT molecular complexity index is 2190. The first kappa shape index (κ1) is 38.6. The molecule has 4 bridgehead atoms. The topological polar surface area (TPSA) is 158 Å². The quantitative estimate of drug-likeness (QED) is 0.145.